The van der Waals surface area contributed by atoms with E-state index in [4.69, 9.17) is 5.73 Å². The van der Waals surface area contributed by atoms with Gasteiger partial charge in [0.05, 0.1) is 5.60 Å². The van der Waals surface area contributed by atoms with Gasteiger partial charge in [-0.05, 0) is 32.2 Å². The Kier molecular flexibility index (Phi) is 1.95. The minimum atomic E-state index is -0.584. The normalized spacial score (nSPS) is 44.8. The predicted molar refractivity (Wildman–Crippen MR) is 52.4 cm³/mol. The van der Waals surface area contributed by atoms with Crippen LogP contribution in [-0.2, 0) is 0 Å². The number of rotatable bonds is 1. The van der Waals surface area contributed by atoms with Crippen LogP contribution in [0.3, 0.4) is 0 Å². The molecule has 0 radical (unpaired) electrons. The Morgan fingerprint density at radius 2 is 1.85 bits per heavy atom. The van der Waals surface area contributed by atoms with Gasteiger partial charge in [0.1, 0.15) is 0 Å². The van der Waals surface area contributed by atoms with Crippen LogP contribution >= 0.6 is 0 Å². The molecule has 2 fully saturated rings. The molecular weight excluding hydrogens is 164 g/mol. The van der Waals surface area contributed by atoms with Crippen LogP contribution in [0.4, 0.5) is 0 Å². The molecule has 2 aliphatic rings. The fourth-order valence-electron chi connectivity index (χ4n) is 2.55. The van der Waals surface area contributed by atoms with Crippen molar-refractivity contribution in [3.8, 4) is 0 Å². The zero-order valence-electron chi connectivity index (χ0n) is 8.58. The second kappa shape index (κ2) is 2.69. The maximum absolute atomic E-state index is 10.4. The summed E-state index contributed by atoms with van der Waals surface area (Å²) in [6.07, 6.45) is 2.67. The van der Waals surface area contributed by atoms with E-state index in [0.29, 0.717) is 5.92 Å². The van der Waals surface area contributed by atoms with E-state index >= 15 is 0 Å². The molecule has 2 atom stereocenters. The highest BCUT2D eigenvalue weighted by Crippen LogP contribution is 2.51. The standard InChI is InChI=1S/C10H20N2O/c1-8-7-10(8,11)9(13)3-5-12(2)6-4-9/h8,13H,3-7,11H2,1-2H3. The van der Waals surface area contributed by atoms with Crippen molar-refractivity contribution >= 4 is 0 Å². The van der Waals surface area contributed by atoms with E-state index in [1.54, 1.807) is 0 Å². The third kappa shape index (κ3) is 1.30. The van der Waals surface area contributed by atoms with E-state index < -0.39 is 5.60 Å². The molecular formula is C10H20N2O. The van der Waals surface area contributed by atoms with Crippen molar-refractivity contribution in [3.63, 3.8) is 0 Å². The summed E-state index contributed by atoms with van der Waals surface area (Å²) in [5, 5.41) is 10.4. The summed E-state index contributed by atoms with van der Waals surface area (Å²) < 4.78 is 0. The van der Waals surface area contributed by atoms with Gasteiger partial charge in [0, 0.05) is 18.6 Å². The van der Waals surface area contributed by atoms with E-state index in [-0.39, 0.29) is 5.54 Å². The largest absolute Gasteiger partial charge is 0.388 e. The van der Waals surface area contributed by atoms with E-state index in [2.05, 4.69) is 18.9 Å². The van der Waals surface area contributed by atoms with E-state index in [1.165, 1.54) is 0 Å². The lowest BCUT2D eigenvalue weighted by atomic mass is 9.81. The average molecular weight is 184 g/mol. The molecule has 1 saturated heterocycles. The number of hydrogen-bond acceptors (Lipinski definition) is 3. The maximum atomic E-state index is 10.4. The number of nitrogens with two attached hydrogens (primary N) is 1. The van der Waals surface area contributed by atoms with Gasteiger partial charge in [0.25, 0.3) is 0 Å². The number of piperidine rings is 1. The molecule has 0 bridgehead atoms. The van der Waals surface area contributed by atoms with Crippen LogP contribution in [0.25, 0.3) is 0 Å². The summed E-state index contributed by atoms with van der Waals surface area (Å²) in [7, 11) is 2.10. The summed E-state index contributed by atoms with van der Waals surface area (Å²) in [5.74, 6) is 0.501. The van der Waals surface area contributed by atoms with Crippen molar-refractivity contribution in [3.05, 3.63) is 0 Å². The molecule has 3 nitrogen and oxygen atoms in total. The summed E-state index contributed by atoms with van der Waals surface area (Å²) in [6, 6.07) is 0. The van der Waals surface area contributed by atoms with Gasteiger partial charge in [-0.25, -0.2) is 0 Å². The van der Waals surface area contributed by atoms with Crippen molar-refractivity contribution in [2.75, 3.05) is 20.1 Å². The highest BCUT2D eigenvalue weighted by Gasteiger charge is 2.61. The number of aliphatic hydroxyl groups is 1. The van der Waals surface area contributed by atoms with Crippen LogP contribution in [-0.4, -0.2) is 41.3 Å². The Morgan fingerprint density at radius 3 is 2.23 bits per heavy atom. The molecule has 76 valence electrons. The van der Waals surface area contributed by atoms with Crippen LogP contribution in [0.2, 0.25) is 0 Å². The van der Waals surface area contributed by atoms with Gasteiger partial charge in [0.2, 0.25) is 0 Å². The Hall–Kier alpha value is -0.120. The van der Waals surface area contributed by atoms with Crippen LogP contribution in [0.5, 0.6) is 0 Å². The van der Waals surface area contributed by atoms with Crippen LogP contribution in [0, 0.1) is 5.92 Å². The Morgan fingerprint density at radius 1 is 1.38 bits per heavy atom. The number of nitrogens with zero attached hydrogens (tertiary/aromatic N) is 1. The van der Waals surface area contributed by atoms with Crippen LogP contribution in [0.15, 0.2) is 0 Å². The van der Waals surface area contributed by atoms with Crippen LogP contribution < -0.4 is 5.73 Å². The fourth-order valence-corrected chi connectivity index (χ4v) is 2.55. The van der Waals surface area contributed by atoms with Crippen LogP contribution in [0.1, 0.15) is 26.2 Å². The molecule has 1 saturated carbocycles. The summed E-state index contributed by atoms with van der Waals surface area (Å²) >= 11 is 0. The van der Waals surface area contributed by atoms with Crippen molar-refractivity contribution < 1.29 is 5.11 Å². The zero-order chi connectivity index (χ0) is 9.69. The topological polar surface area (TPSA) is 49.5 Å². The lowest BCUT2D eigenvalue weighted by Crippen LogP contribution is -2.57. The SMILES string of the molecule is CC1CC1(N)C1(O)CCN(C)CC1. The van der Waals surface area contributed by atoms with Crippen molar-refractivity contribution in [1.82, 2.24) is 4.90 Å². The van der Waals surface area contributed by atoms with E-state index in [1.807, 2.05) is 0 Å². The molecule has 1 aliphatic carbocycles. The minimum absolute atomic E-state index is 0.270. The third-order valence-electron chi connectivity index (χ3n) is 4.04. The molecule has 2 unspecified atom stereocenters. The van der Waals surface area contributed by atoms with Gasteiger partial charge in [-0.1, -0.05) is 6.92 Å². The molecule has 1 aliphatic heterocycles. The molecule has 2 rings (SSSR count). The van der Waals surface area contributed by atoms with Crippen molar-refractivity contribution in [2.24, 2.45) is 11.7 Å². The molecule has 0 aromatic rings. The highest BCUT2D eigenvalue weighted by molar-refractivity contribution is 5.19. The quantitative estimate of drug-likeness (QED) is 0.611. The average Bonchev–Trinajstić information content (AvgIpc) is 2.69. The summed E-state index contributed by atoms with van der Waals surface area (Å²) in [4.78, 5) is 2.25. The number of likely N-dealkylation sites (tertiary alicyclic amines) is 1. The first-order valence-electron chi connectivity index (χ1n) is 5.18. The lowest BCUT2D eigenvalue weighted by Gasteiger charge is -2.41. The van der Waals surface area contributed by atoms with Gasteiger partial charge < -0.3 is 15.7 Å². The van der Waals surface area contributed by atoms with E-state index in [0.717, 1.165) is 32.4 Å². The van der Waals surface area contributed by atoms with Crippen molar-refractivity contribution in [1.29, 1.82) is 0 Å². The smallest absolute Gasteiger partial charge is 0.0853 e. The molecule has 0 aromatic heterocycles. The molecule has 13 heavy (non-hydrogen) atoms. The van der Waals surface area contributed by atoms with Gasteiger partial charge in [-0.2, -0.15) is 0 Å². The summed E-state index contributed by atoms with van der Waals surface area (Å²) in [6.45, 7) is 4.08. The first-order chi connectivity index (χ1) is 5.98. The van der Waals surface area contributed by atoms with Gasteiger partial charge in [0.15, 0.2) is 0 Å². The molecule has 0 aromatic carbocycles. The fraction of sp³-hybridized carbons (Fsp3) is 1.00. The van der Waals surface area contributed by atoms with E-state index in [9.17, 15) is 5.11 Å². The maximum Gasteiger partial charge on any atom is 0.0853 e. The van der Waals surface area contributed by atoms with Gasteiger partial charge in [-0.3, -0.25) is 0 Å². The Bertz CT molecular complexity index is 211. The second-order valence-corrected chi connectivity index (χ2v) is 4.98. The van der Waals surface area contributed by atoms with Gasteiger partial charge in [-0.15, -0.1) is 0 Å². The van der Waals surface area contributed by atoms with Gasteiger partial charge >= 0.3 is 0 Å². The second-order valence-electron chi connectivity index (χ2n) is 4.98. The minimum Gasteiger partial charge on any atom is -0.388 e. The molecule has 0 spiro atoms. The first-order valence-corrected chi connectivity index (χ1v) is 5.18. The Balaban J connectivity index is 2.05. The third-order valence-corrected chi connectivity index (χ3v) is 4.04. The van der Waals surface area contributed by atoms with Crippen molar-refractivity contribution in [2.45, 2.75) is 37.3 Å². The molecule has 1 heterocycles. The molecule has 3 heteroatoms. The molecule has 0 amide bonds. The summed E-state index contributed by atoms with van der Waals surface area (Å²) in [5.41, 5.74) is 5.32. The first kappa shape index (κ1) is 9.44. The highest BCUT2D eigenvalue weighted by atomic mass is 16.3. The Labute approximate surface area is 79.9 Å². The number of hydrogen-bond donors (Lipinski definition) is 2. The molecule has 3 N–H and O–H groups in total. The monoisotopic (exact) mass is 184 g/mol. The predicted octanol–water partition coefficient (Wildman–Crippen LogP) is 0.180. The lowest BCUT2D eigenvalue weighted by molar-refractivity contribution is -0.0486. The zero-order valence-corrected chi connectivity index (χ0v) is 8.58.